The zero-order valence-electron chi connectivity index (χ0n) is 50.3. The number of benzene rings is 2. The van der Waals surface area contributed by atoms with Gasteiger partial charge in [0.2, 0.25) is 65.0 Å². The summed E-state index contributed by atoms with van der Waals surface area (Å²) in [5.74, 6) is -9.12. The van der Waals surface area contributed by atoms with Gasteiger partial charge in [0.25, 0.3) is 0 Å². The minimum Gasteiger partial charge on any atom is -0.508 e. The van der Waals surface area contributed by atoms with Gasteiger partial charge in [-0.2, -0.15) is 0 Å². The van der Waals surface area contributed by atoms with Gasteiger partial charge in [0.05, 0.1) is 25.8 Å². The summed E-state index contributed by atoms with van der Waals surface area (Å²) in [4.78, 5) is 174. The van der Waals surface area contributed by atoms with E-state index in [1.165, 1.54) is 54.2 Å². The third-order valence-corrected chi connectivity index (χ3v) is 15.3. The lowest BCUT2D eigenvalue weighted by molar-refractivity contribution is -0.142. The van der Waals surface area contributed by atoms with Gasteiger partial charge < -0.3 is 95.1 Å². The molecular formula is C59H79N19O13. The van der Waals surface area contributed by atoms with Crippen molar-refractivity contribution in [2.75, 3.05) is 26.2 Å². The Morgan fingerprint density at radius 1 is 0.670 bits per heavy atom. The summed E-state index contributed by atoms with van der Waals surface area (Å²) in [6, 6.07) is 0.627. The molecule has 3 aromatic heterocycles. The molecule has 2 aliphatic rings. The van der Waals surface area contributed by atoms with E-state index in [1.54, 1.807) is 44.3 Å². The summed E-state index contributed by atoms with van der Waals surface area (Å²) in [5.41, 5.74) is 18.8. The van der Waals surface area contributed by atoms with E-state index in [0.717, 1.165) is 0 Å². The summed E-state index contributed by atoms with van der Waals surface area (Å²) in [6.45, 7) is 2.29. The molecule has 32 heteroatoms. The smallest absolute Gasteiger partial charge is 0.245 e. The summed E-state index contributed by atoms with van der Waals surface area (Å²) in [5, 5.41) is 45.3. The van der Waals surface area contributed by atoms with Crippen LogP contribution >= 0.6 is 0 Å². The second-order valence-electron chi connectivity index (χ2n) is 22.7. The molecule has 9 atom stereocenters. The van der Waals surface area contributed by atoms with E-state index in [2.05, 4.69) is 77.8 Å². The SMILES string of the molecule is CC(C)C[C@H](NC(=O)[C@@H](Cc1ccc(O)cc1)NC(=O)[C@H](Cc1cnc[nH]1)NC(=O)[C@H](CO)NC(=O)[C@H](Cc1c[nH]c2ccccc12)NC(=O)[C@H](Cc1cnc[nH]1)NC(=O)[C@@H]1CCC(=O)N1)C(=O)N[C@@H](CCCN=C(N)N)C(=O)N1CCC[C@H]1C(=O)NCC(N)=O. The number of imidazole rings is 2. The number of aliphatic hydroxyl groups excluding tert-OH is 1. The van der Waals surface area contributed by atoms with Gasteiger partial charge in [0.15, 0.2) is 5.96 Å². The minimum absolute atomic E-state index is 0.0109. The van der Waals surface area contributed by atoms with Gasteiger partial charge >= 0.3 is 0 Å². The minimum atomic E-state index is -1.79. The summed E-state index contributed by atoms with van der Waals surface area (Å²) in [6.07, 6.45) is 7.46. The topological polar surface area (TPSA) is 503 Å². The second kappa shape index (κ2) is 32.7. The average molecular weight is 1260 g/mol. The maximum atomic E-state index is 14.8. The number of phenols is 1. The number of nitrogens with zero attached hydrogens (tertiary/aromatic N) is 4. The maximum Gasteiger partial charge on any atom is 0.245 e. The van der Waals surface area contributed by atoms with Crippen molar-refractivity contribution in [2.45, 2.75) is 139 Å². The number of nitrogens with two attached hydrogens (primary N) is 3. The van der Waals surface area contributed by atoms with E-state index in [4.69, 9.17) is 17.2 Å². The first-order valence-corrected chi connectivity index (χ1v) is 29.8. The van der Waals surface area contributed by atoms with E-state index >= 15 is 0 Å². The Balaban J connectivity index is 1.11. The number of aromatic amines is 3. The zero-order chi connectivity index (χ0) is 65.7. The number of nitrogens with one attached hydrogen (secondary N) is 12. The van der Waals surface area contributed by atoms with Crippen molar-refractivity contribution in [3.63, 3.8) is 0 Å². The Kier molecular flexibility index (Phi) is 24.5. The highest BCUT2D eigenvalue weighted by molar-refractivity contribution is 6.00. The van der Waals surface area contributed by atoms with Gasteiger partial charge in [-0.25, -0.2) is 9.97 Å². The number of para-hydroxylation sites is 1. The summed E-state index contributed by atoms with van der Waals surface area (Å²) < 4.78 is 0. The number of aliphatic hydroxyl groups is 1. The van der Waals surface area contributed by atoms with Crippen LogP contribution in [0.25, 0.3) is 10.9 Å². The van der Waals surface area contributed by atoms with Crippen LogP contribution in [0, 0.1) is 5.92 Å². The fourth-order valence-electron chi connectivity index (χ4n) is 10.6. The van der Waals surface area contributed by atoms with E-state index in [9.17, 15) is 63.0 Å². The van der Waals surface area contributed by atoms with Crippen molar-refractivity contribution in [1.29, 1.82) is 0 Å². The molecular weight excluding hydrogens is 1180 g/mol. The van der Waals surface area contributed by atoms with Gasteiger partial charge in [0.1, 0.15) is 60.1 Å². The summed E-state index contributed by atoms with van der Waals surface area (Å²) in [7, 11) is 0. The van der Waals surface area contributed by atoms with Crippen molar-refractivity contribution in [3.8, 4) is 5.75 Å². The van der Waals surface area contributed by atoms with Crippen LogP contribution in [-0.4, -0.2) is 192 Å². The van der Waals surface area contributed by atoms with Crippen molar-refractivity contribution >= 4 is 81.8 Å². The number of fused-ring (bicyclic) bond motifs is 1. The molecule has 32 nitrogen and oxygen atoms in total. The lowest BCUT2D eigenvalue weighted by Crippen LogP contribution is -2.61. The number of aromatic nitrogens is 5. The van der Waals surface area contributed by atoms with Gasteiger partial charge in [-0.1, -0.05) is 44.2 Å². The van der Waals surface area contributed by atoms with Crippen LogP contribution < -0.4 is 65.1 Å². The quantitative estimate of drug-likeness (QED) is 0.0108. The number of carbonyl (C=O) groups is 11. The summed E-state index contributed by atoms with van der Waals surface area (Å²) >= 11 is 0. The first-order chi connectivity index (χ1) is 43.5. The normalized spacial score (nSPS) is 16.8. The van der Waals surface area contributed by atoms with Crippen molar-refractivity contribution in [3.05, 3.63) is 102 Å². The van der Waals surface area contributed by atoms with Crippen LogP contribution in [-0.2, 0) is 78.4 Å². The standard InChI is InChI=1S/C59H79N19O13/c1-31(2)19-41(51(84)71-40(9-5-17-65-59(61)62)58(91)78-18-6-10-47(78)57(90)67-27-48(60)81)72-52(85)42(20-32-11-13-36(80)14-12-32)73-54(87)45(23-35-26-64-30-69-35)76-56(89)46(28-79)77-53(86)43(21-33-24-66-38-8-4-3-7-37(33)38)74-55(88)44(22-34-25-63-29-68-34)75-50(83)39-15-16-49(82)70-39/h3-4,7-8,11-14,24-26,29-31,39-47,66,79-80H,5-6,9-10,15-23,27-28H2,1-2H3,(H2,60,81)(H,63,68)(H,64,69)(H,67,90)(H,70,82)(H,71,84)(H,72,85)(H,73,87)(H,74,88)(H,75,83)(H,76,89)(H,77,86)(H4,61,62,65)/t39-,40-,41-,42+,43-,44-,45-,46-,47-/m0/s1. The Morgan fingerprint density at radius 2 is 1.23 bits per heavy atom. The molecule has 2 fully saturated rings. The third-order valence-electron chi connectivity index (χ3n) is 15.3. The number of hydrogen-bond acceptors (Lipinski definition) is 16. The number of aliphatic imine (C=N–C) groups is 1. The lowest BCUT2D eigenvalue weighted by atomic mass is 9.99. The van der Waals surface area contributed by atoms with Gasteiger partial charge in [-0.05, 0) is 73.8 Å². The van der Waals surface area contributed by atoms with Crippen LogP contribution in [0.2, 0.25) is 0 Å². The number of rotatable bonds is 33. The Hall–Kier alpha value is -10.4. The average Bonchev–Trinajstić information content (AvgIpc) is 1.92. The molecule has 0 unspecified atom stereocenters. The van der Waals surface area contributed by atoms with E-state index in [-0.39, 0.29) is 101 Å². The van der Waals surface area contributed by atoms with E-state index < -0.39 is 127 Å². The number of H-pyrrole nitrogens is 3. The number of amides is 11. The molecule has 2 saturated heterocycles. The lowest BCUT2D eigenvalue weighted by Gasteiger charge is -2.30. The molecule has 2 aromatic carbocycles. The largest absolute Gasteiger partial charge is 0.508 e. The monoisotopic (exact) mass is 1260 g/mol. The second-order valence-corrected chi connectivity index (χ2v) is 22.7. The molecule has 0 aliphatic carbocycles. The van der Waals surface area contributed by atoms with Crippen molar-refractivity contribution < 1.29 is 63.0 Å². The highest BCUT2D eigenvalue weighted by atomic mass is 16.3. The molecule has 0 radical (unpaired) electrons. The zero-order valence-corrected chi connectivity index (χ0v) is 50.3. The fourth-order valence-corrected chi connectivity index (χ4v) is 10.6. The molecule has 0 spiro atoms. The van der Waals surface area contributed by atoms with E-state index in [0.29, 0.717) is 39.8 Å². The molecule has 11 amide bonds. The van der Waals surface area contributed by atoms with E-state index in [1.807, 2.05) is 0 Å². The van der Waals surface area contributed by atoms with Crippen LogP contribution in [0.4, 0.5) is 0 Å². The maximum absolute atomic E-state index is 14.8. The molecule has 5 aromatic rings. The van der Waals surface area contributed by atoms with Crippen LogP contribution in [0.5, 0.6) is 5.75 Å². The van der Waals surface area contributed by atoms with Crippen LogP contribution in [0.3, 0.4) is 0 Å². The Bertz CT molecular complexity index is 3390. The molecule has 488 valence electrons. The van der Waals surface area contributed by atoms with Crippen LogP contribution in [0.15, 0.2) is 84.8 Å². The number of guanidine groups is 1. The fraction of sp³-hybridized carbons (Fsp3) is 0.458. The van der Waals surface area contributed by atoms with Gasteiger partial charge in [-0.15, -0.1) is 0 Å². The molecule has 7 rings (SSSR count). The van der Waals surface area contributed by atoms with Crippen molar-refractivity contribution in [2.24, 2.45) is 28.1 Å². The number of phenolic OH excluding ortho intramolecular Hbond substituents is 1. The predicted molar refractivity (Wildman–Crippen MR) is 326 cm³/mol. The van der Waals surface area contributed by atoms with Gasteiger partial charge in [-0.3, -0.25) is 57.7 Å². The third kappa shape index (κ3) is 20.1. The first kappa shape index (κ1) is 68.1. The van der Waals surface area contributed by atoms with Crippen molar-refractivity contribution in [1.82, 2.24) is 77.7 Å². The molecule has 0 saturated carbocycles. The molecule has 20 N–H and O–H groups in total. The number of aromatic hydroxyl groups is 1. The van der Waals surface area contributed by atoms with Crippen LogP contribution in [0.1, 0.15) is 81.3 Å². The van der Waals surface area contributed by atoms with Gasteiger partial charge in [0, 0.05) is 86.1 Å². The molecule has 91 heavy (non-hydrogen) atoms. The highest BCUT2D eigenvalue weighted by Crippen LogP contribution is 2.22. The first-order valence-electron chi connectivity index (χ1n) is 29.8. The number of likely N-dealkylation sites (tertiary alicyclic amines) is 1. The number of primary amides is 1. The predicted octanol–water partition coefficient (Wildman–Crippen LogP) is -4.05. The Morgan fingerprint density at radius 3 is 1.80 bits per heavy atom. The molecule has 2 aliphatic heterocycles. The Labute approximate surface area is 522 Å². The highest BCUT2D eigenvalue weighted by Gasteiger charge is 2.40. The molecule has 0 bridgehead atoms. The number of hydrogen-bond donors (Lipinski definition) is 17. The molecule has 5 heterocycles. The number of carbonyl (C=O) groups excluding carboxylic acids is 11.